The molecule has 0 fully saturated rings. The first kappa shape index (κ1) is 11.5. The molecule has 0 unspecified atom stereocenters. The van der Waals surface area contributed by atoms with Crippen LogP contribution in [0.2, 0.25) is 5.02 Å². The standard InChI is InChI=1S/C11H11ClN4O/c12-8-3-1-2-4-9(8)14-11(17)7-16-6-5-10(13)15-16/h1-6H,7H2,(H2,13,15)(H,14,17). The van der Waals surface area contributed by atoms with Gasteiger partial charge < -0.3 is 11.1 Å². The Hall–Kier alpha value is -2.01. The van der Waals surface area contributed by atoms with Gasteiger partial charge in [0.15, 0.2) is 0 Å². The van der Waals surface area contributed by atoms with Gasteiger partial charge in [0.2, 0.25) is 5.91 Å². The van der Waals surface area contributed by atoms with E-state index in [4.69, 9.17) is 17.3 Å². The highest BCUT2D eigenvalue weighted by Gasteiger charge is 2.06. The molecule has 2 aromatic rings. The van der Waals surface area contributed by atoms with Crippen molar-refractivity contribution in [3.63, 3.8) is 0 Å². The number of aromatic nitrogens is 2. The quantitative estimate of drug-likeness (QED) is 0.872. The molecule has 0 radical (unpaired) electrons. The van der Waals surface area contributed by atoms with Crippen molar-refractivity contribution in [2.45, 2.75) is 6.54 Å². The molecule has 0 aliphatic rings. The van der Waals surface area contributed by atoms with E-state index in [1.807, 2.05) is 0 Å². The van der Waals surface area contributed by atoms with Gasteiger partial charge >= 0.3 is 0 Å². The van der Waals surface area contributed by atoms with Crippen molar-refractivity contribution in [1.29, 1.82) is 0 Å². The van der Waals surface area contributed by atoms with Crippen molar-refractivity contribution >= 4 is 29.0 Å². The molecule has 1 aromatic heterocycles. The molecule has 1 heterocycles. The predicted molar refractivity (Wildman–Crippen MR) is 66.7 cm³/mol. The molecular formula is C11H11ClN4O. The molecule has 0 spiro atoms. The minimum Gasteiger partial charge on any atom is -0.382 e. The third-order valence-electron chi connectivity index (χ3n) is 2.11. The summed E-state index contributed by atoms with van der Waals surface area (Å²) in [5.74, 6) is 0.178. The second-order valence-corrected chi connectivity index (χ2v) is 3.87. The minimum absolute atomic E-state index is 0.0996. The van der Waals surface area contributed by atoms with Gasteiger partial charge in [-0.2, -0.15) is 5.10 Å². The summed E-state index contributed by atoms with van der Waals surface area (Å²) >= 11 is 5.92. The Morgan fingerprint density at radius 2 is 2.18 bits per heavy atom. The topological polar surface area (TPSA) is 72.9 Å². The molecule has 17 heavy (non-hydrogen) atoms. The Balaban J connectivity index is 2.01. The molecule has 0 saturated carbocycles. The van der Waals surface area contributed by atoms with Gasteiger partial charge in [0.05, 0.1) is 10.7 Å². The average Bonchev–Trinajstić information content (AvgIpc) is 2.67. The van der Waals surface area contributed by atoms with Crippen LogP contribution in [0.25, 0.3) is 0 Å². The van der Waals surface area contributed by atoms with E-state index >= 15 is 0 Å². The van der Waals surface area contributed by atoms with E-state index in [2.05, 4.69) is 10.4 Å². The Kier molecular flexibility index (Phi) is 3.30. The monoisotopic (exact) mass is 250 g/mol. The lowest BCUT2D eigenvalue weighted by atomic mass is 10.3. The predicted octanol–water partition coefficient (Wildman–Crippen LogP) is 1.76. The number of para-hydroxylation sites is 1. The first-order chi connectivity index (χ1) is 8.15. The SMILES string of the molecule is Nc1ccn(CC(=O)Nc2ccccc2Cl)n1. The number of carbonyl (C=O) groups excluding carboxylic acids is 1. The van der Waals surface area contributed by atoms with Crippen LogP contribution in [-0.2, 0) is 11.3 Å². The highest BCUT2D eigenvalue weighted by Crippen LogP contribution is 2.20. The van der Waals surface area contributed by atoms with Crippen LogP contribution in [0, 0.1) is 0 Å². The lowest BCUT2D eigenvalue weighted by molar-refractivity contribution is -0.116. The van der Waals surface area contributed by atoms with E-state index in [-0.39, 0.29) is 12.5 Å². The molecule has 0 aliphatic carbocycles. The first-order valence-corrected chi connectivity index (χ1v) is 5.36. The van der Waals surface area contributed by atoms with Gasteiger partial charge in [0, 0.05) is 6.20 Å². The van der Waals surface area contributed by atoms with Crippen LogP contribution < -0.4 is 11.1 Å². The van der Waals surface area contributed by atoms with Crippen molar-refractivity contribution in [1.82, 2.24) is 9.78 Å². The number of hydrogen-bond acceptors (Lipinski definition) is 3. The first-order valence-electron chi connectivity index (χ1n) is 4.98. The third-order valence-corrected chi connectivity index (χ3v) is 2.44. The summed E-state index contributed by atoms with van der Waals surface area (Å²) in [6, 6.07) is 8.67. The van der Waals surface area contributed by atoms with Crippen molar-refractivity contribution in [3.05, 3.63) is 41.6 Å². The summed E-state index contributed by atoms with van der Waals surface area (Å²) in [6.07, 6.45) is 1.64. The largest absolute Gasteiger partial charge is 0.382 e. The molecule has 0 aliphatic heterocycles. The molecule has 3 N–H and O–H groups in total. The van der Waals surface area contributed by atoms with Gasteiger partial charge in [0.1, 0.15) is 12.4 Å². The van der Waals surface area contributed by atoms with Crippen LogP contribution in [0.5, 0.6) is 0 Å². The van der Waals surface area contributed by atoms with Crippen LogP contribution >= 0.6 is 11.6 Å². The van der Waals surface area contributed by atoms with Crippen LogP contribution in [0.4, 0.5) is 11.5 Å². The van der Waals surface area contributed by atoms with Gasteiger partial charge in [-0.1, -0.05) is 23.7 Å². The maximum absolute atomic E-state index is 11.7. The fourth-order valence-corrected chi connectivity index (χ4v) is 1.55. The number of amides is 1. The summed E-state index contributed by atoms with van der Waals surface area (Å²) in [4.78, 5) is 11.7. The summed E-state index contributed by atoms with van der Waals surface area (Å²) in [7, 11) is 0. The fraction of sp³-hybridized carbons (Fsp3) is 0.0909. The average molecular weight is 251 g/mol. The molecule has 0 bridgehead atoms. The third kappa shape index (κ3) is 2.98. The van der Waals surface area contributed by atoms with Gasteiger partial charge in [0.25, 0.3) is 0 Å². The van der Waals surface area contributed by atoms with E-state index in [0.717, 1.165) is 0 Å². The molecule has 5 nitrogen and oxygen atoms in total. The Bertz CT molecular complexity index is 538. The second-order valence-electron chi connectivity index (χ2n) is 3.47. The normalized spacial score (nSPS) is 10.2. The number of nitrogen functional groups attached to an aromatic ring is 1. The van der Waals surface area contributed by atoms with E-state index in [0.29, 0.717) is 16.5 Å². The number of halogens is 1. The van der Waals surface area contributed by atoms with Crippen LogP contribution in [-0.4, -0.2) is 15.7 Å². The molecule has 6 heteroatoms. The van der Waals surface area contributed by atoms with E-state index in [1.54, 1.807) is 36.5 Å². The molecular weight excluding hydrogens is 240 g/mol. The highest BCUT2D eigenvalue weighted by atomic mass is 35.5. The lowest BCUT2D eigenvalue weighted by Gasteiger charge is -2.06. The van der Waals surface area contributed by atoms with E-state index in [9.17, 15) is 4.79 Å². The molecule has 0 atom stereocenters. The number of benzene rings is 1. The summed E-state index contributed by atoms with van der Waals surface area (Å²) in [5.41, 5.74) is 6.03. The van der Waals surface area contributed by atoms with Crippen molar-refractivity contribution in [2.24, 2.45) is 0 Å². The van der Waals surface area contributed by atoms with Gasteiger partial charge in [-0.15, -0.1) is 0 Å². The molecule has 88 valence electrons. The van der Waals surface area contributed by atoms with E-state index in [1.165, 1.54) is 4.68 Å². The van der Waals surface area contributed by atoms with Crippen molar-refractivity contribution in [3.8, 4) is 0 Å². The zero-order valence-corrected chi connectivity index (χ0v) is 9.69. The number of nitrogens with one attached hydrogen (secondary N) is 1. The van der Waals surface area contributed by atoms with E-state index < -0.39 is 0 Å². The smallest absolute Gasteiger partial charge is 0.246 e. The molecule has 1 amide bonds. The summed E-state index contributed by atoms with van der Waals surface area (Å²) < 4.78 is 1.46. The number of nitrogens with two attached hydrogens (primary N) is 1. The van der Waals surface area contributed by atoms with Gasteiger partial charge in [-0.3, -0.25) is 9.48 Å². The van der Waals surface area contributed by atoms with Gasteiger partial charge in [-0.05, 0) is 18.2 Å². The summed E-state index contributed by atoms with van der Waals surface area (Å²) in [6.45, 7) is 0.0996. The Morgan fingerprint density at radius 1 is 1.41 bits per heavy atom. The number of hydrogen-bond donors (Lipinski definition) is 2. The zero-order chi connectivity index (χ0) is 12.3. The number of rotatable bonds is 3. The van der Waals surface area contributed by atoms with Crippen LogP contribution in [0.3, 0.4) is 0 Å². The fourth-order valence-electron chi connectivity index (χ4n) is 1.36. The molecule has 1 aromatic carbocycles. The number of carbonyl (C=O) groups is 1. The second kappa shape index (κ2) is 4.88. The van der Waals surface area contributed by atoms with Gasteiger partial charge in [-0.25, -0.2) is 0 Å². The summed E-state index contributed by atoms with van der Waals surface area (Å²) in [5, 5.41) is 7.11. The maximum Gasteiger partial charge on any atom is 0.246 e. The maximum atomic E-state index is 11.7. The van der Waals surface area contributed by atoms with Crippen molar-refractivity contribution in [2.75, 3.05) is 11.1 Å². The highest BCUT2D eigenvalue weighted by molar-refractivity contribution is 6.33. The minimum atomic E-state index is -0.207. The van der Waals surface area contributed by atoms with Crippen LogP contribution in [0.15, 0.2) is 36.5 Å². The molecule has 2 rings (SSSR count). The Labute approximate surface area is 103 Å². The zero-order valence-electron chi connectivity index (χ0n) is 8.93. The number of anilines is 2. The lowest BCUT2D eigenvalue weighted by Crippen LogP contribution is -2.19. The Morgan fingerprint density at radius 3 is 2.82 bits per heavy atom. The van der Waals surface area contributed by atoms with Crippen molar-refractivity contribution < 1.29 is 4.79 Å². The van der Waals surface area contributed by atoms with Crippen LogP contribution in [0.1, 0.15) is 0 Å². The molecule has 0 saturated heterocycles. The number of nitrogens with zero attached hydrogens (tertiary/aromatic N) is 2.